The highest BCUT2D eigenvalue weighted by Gasteiger charge is 2.15. The monoisotopic (exact) mass is 115 g/mol. The van der Waals surface area contributed by atoms with Crippen LogP contribution in [0.4, 0.5) is 0 Å². The van der Waals surface area contributed by atoms with Gasteiger partial charge in [-0.1, -0.05) is 0 Å². The van der Waals surface area contributed by atoms with E-state index in [-0.39, 0.29) is 5.70 Å². The zero-order valence-electron chi connectivity index (χ0n) is 4.16. The highest BCUT2D eigenvalue weighted by atomic mass is 16.6. The van der Waals surface area contributed by atoms with Crippen molar-refractivity contribution in [2.75, 3.05) is 6.61 Å². The van der Waals surface area contributed by atoms with Crippen LogP contribution in [0.15, 0.2) is 12.0 Å². The predicted octanol–water partition coefficient (Wildman–Crippen LogP) is 0.525. The summed E-state index contributed by atoms with van der Waals surface area (Å²) in [6.45, 7) is 0.455. The molecule has 8 heavy (non-hydrogen) atoms. The molecule has 0 spiro atoms. The molecule has 4 heteroatoms. The van der Waals surface area contributed by atoms with E-state index in [1.54, 1.807) is 0 Å². The summed E-state index contributed by atoms with van der Waals surface area (Å²) in [6, 6.07) is 0. The van der Waals surface area contributed by atoms with Crippen LogP contribution >= 0.6 is 0 Å². The molecule has 0 aromatic carbocycles. The molecule has 0 saturated carbocycles. The molecular weight excluding hydrogens is 110 g/mol. The maximum atomic E-state index is 9.86. The first-order valence-corrected chi connectivity index (χ1v) is 2.26. The fraction of sp³-hybridized carbons (Fsp3) is 0.500. The van der Waals surface area contributed by atoms with Crippen LogP contribution in [0.1, 0.15) is 6.42 Å². The number of rotatable bonds is 1. The van der Waals surface area contributed by atoms with Gasteiger partial charge in [0.25, 0.3) is 5.70 Å². The third-order valence-corrected chi connectivity index (χ3v) is 0.930. The summed E-state index contributed by atoms with van der Waals surface area (Å²) in [6.07, 6.45) is 1.63. The Hall–Kier alpha value is -1.06. The largest absolute Gasteiger partial charge is 0.494 e. The van der Waals surface area contributed by atoms with Gasteiger partial charge in [-0.2, -0.15) is 0 Å². The van der Waals surface area contributed by atoms with Crippen molar-refractivity contribution < 1.29 is 9.66 Å². The lowest BCUT2D eigenvalue weighted by molar-refractivity contribution is -0.426. The summed E-state index contributed by atoms with van der Waals surface area (Å²) in [4.78, 5) is 9.44. The third-order valence-electron chi connectivity index (χ3n) is 0.930. The molecule has 0 atom stereocenters. The maximum Gasteiger partial charge on any atom is 0.283 e. The van der Waals surface area contributed by atoms with Crippen LogP contribution in [0.2, 0.25) is 0 Å². The molecule has 1 heterocycles. The van der Waals surface area contributed by atoms with Crippen LogP contribution in [0.25, 0.3) is 0 Å². The van der Waals surface area contributed by atoms with Gasteiger partial charge in [0.2, 0.25) is 0 Å². The molecule has 1 aliphatic rings. The van der Waals surface area contributed by atoms with Crippen LogP contribution in [0, 0.1) is 10.1 Å². The third kappa shape index (κ3) is 0.776. The molecule has 0 N–H and O–H groups in total. The van der Waals surface area contributed by atoms with Crippen molar-refractivity contribution in [1.82, 2.24) is 0 Å². The van der Waals surface area contributed by atoms with E-state index in [2.05, 4.69) is 4.74 Å². The first kappa shape index (κ1) is 5.08. The van der Waals surface area contributed by atoms with Gasteiger partial charge in [0.15, 0.2) is 6.26 Å². The Balaban J connectivity index is 2.57. The summed E-state index contributed by atoms with van der Waals surface area (Å²) in [5.41, 5.74) is 0.171. The molecule has 0 fully saturated rings. The Morgan fingerprint density at radius 2 is 2.62 bits per heavy atom. The first-order chi connectivity index (χ1) is 3.80. The summed E-state index contributed by atoms with van der Waals surface area (Å²) in [5, 5.41) is 9.86. The Morgan fingerprint density at radius 1 is 1.88 bits per heavy atom. The maximum absolute atomic E-state index is 9.86. The number of nitrogens with zero attached hydrogens (tertiary/aromatic N) is 1. The minimum Gasteiger partial charge on any atom is -0.494 e. The van der Waals surface area contributed by atoms with Crippen molar-refractivity contribution in [2.45, 2.75) is 6.42 Å². The molecule has 0 unspecified atom stereocenters. The molecule has 0 aromatic heterocycles. The second-order valence-electron chi connectivity index (χ2n) is 1.49. The van der Waals surface area contributed by atoms with E-state index in [0.29, 0.717) is 13.0 Å². The average Bonchev–Trinajstić information content (AvgIpc) is 2.12. The van der Waals surface area contributed by atoms with Crippen LogP contribution in [0.3, 0.4) is 0 Å². The Labute approximate surface area is 45.9 Å². The molecule has 0 amide bonds. The van der Waals surface area contributed by atoms with E-state index >= 15 is 0 Å². The lowest BCUT2D eigenvalue weighted by Gasteiger charge is -1.81. The van der Waals surface area contributed by atoms with Crippen molar-refractivity contribution in [2.24, 2.45) is 0 Å². The minimum atomic E-state index is -0.424. The number of nitro groups is 1. The lowest BCUT2D eigenvalue weighted by Crippen LogP contribution is -1.94. The summed E-state index contributed by atoms with van der Waals surface area (Å²) in [7, 11) is 0. The first-order valence-electron chi connectivity index (χ1n) is 2.26. The highest BCUT2D eigenvalue weighted by Crippen LogP contribution is 2.09. The number of hydrogen-bond donors (Lipinski definition) is 0. The molecular formula is C4H5NO3. The fourth-order valence-corrected chi connectivity index (χ4v) is 0.512. The molecule has 0 aliphatic carbocycles. The van der Waals surface area contributed by atoms with Gasteiger partial charge >= 0.3 is 0 Å². The molecule has 4 nitrogen and oxygen atoms in total. The smallest absolute Gasteiger partial charge is 0.283 e. The van der Waals surface area contributed by atoms with Crippen molar-refractivity contribution >= 4 is 0 Å². The van der Waals surface area contributed by atoms with Gasteiger partial charge in [0, 0.05) is 0 Å². The van der Waals surface area contributed by atoms with E-state index in [9.17, 15) is 10.1 Å². The number of hydrogen-bond acceptors (Lipinski definition) is 3. The molecule has 44 valence electrons. The quantitative estimate of drug-likeness (QED) is 0.370. The lowest BCUT2D eigenvalue weighted by atomic mass is 10.4. The Morgan fingerprint density at radius 3 is 2.88 bits per heavy atom. The van der Waals surface area contributed by atoms with Crippen molar-refractivity contribution in [3.63, 3.8) is 0 Å². The topological polar surface area (TPSA) is 52.4 Å². The summed E-state index contributed by atoms with van der Waals surface area (Å²) >= 11 is 0. The Kier molecular flexibility index (Phi) is 1.15. The van der Waals surface area contributed by atoms with Gasteiger partial charge < -0.3 is 4.74 Å². The van der Waals surface area contributed by atoms with Gasteiger partial charge in [0.1, 0.15) is 0 Å². The van der Waals surface area contributed by atoms with E-state index in [0.717, 1.165) is 0 Å². The van der Waals surface area contributed by atoms with Crippen LogP contribution in [0.5, 0.6) is 0 Å². The van der Waals surface area contributed by atoms with Crippen molar-refractivity contribution in [3.8, 4) is 0 Å². The van der Waals surface area contributed by atoms with Crippen LogP contribution in [-0.2, 0) is 4.74 Å². The van der Waals surface area contributed by atoms with E-state index in [4.69, 9.17) is 0 Å². The molecule has 0 bridgehead atoms. The van der Waals surface area contributed by atoms with E-state index in [1.165, 1.54) is 6.26 Å². The van der Waals surface area contributed by atoms with Gasteiger partial charge in [-0.3, -0.25) is 10.1 Å². The van der Waals surface area contributed by atoms with Gasteiger partial charge in [-0.05, 0) is 0 Å². The molecule has 1 rings (SSSR count). The molecule has 0 saturated heterocycles. The van der Waals surface area contributed by atoms with Crippen LogP contribution in [-0.4, -0.2) is 11.5 Å². The van der Waals surface area contributed by atoms with Gasteiger partial charge in [-0.15, -0.1) is 0 Å². The zero-order valence-corrected chi connectivity index (χ0v) is 4.16. The Bertz CT molecular complexity index is 140. The van der Waals surface area contributed by atoms with Crippen molar-refractivity contribution in [3.05, 3.63) is 22.1 Å². The normalized spacial score (nSPS) is 17.2. The minimum absolute atomic E-state index is 0.171. The summed E-state index contributed by atoms with van der Waals surface area (Å²) in [5.74, 6) is 0. The predicted molar refractivity (Wildman–Crippen MR) is 25.6 cm³/mol. The standard InChI is InChI=1S/C4H5NO3/c6-5(7)4-1-2-8-3-4/h3H,1-2H2. The SMILES string of the molecule is O=[N+]([O-])C1=COCC1. The zero-order chi connectivity index (χ0) is 5.98. The second-order valence-corrected chi connectivity index (χ2v) is 1.49. The average molecular weight is 115 g/mol. The second kappa shape index (κ2) is 1.81. The van der Waals surface area contributed by atoms with Crippen LogP contribution < -0.4 is 0 Å². The van der Waals surface area contributed by atoms with E-state index < -0.39 is 4.92 Å². The van der Waals surface area contributed by atoms with E-state index in [1.807, 2.05) is 0 Å². The molecule has 0 radical (unpaired) electrons. The number of ether oxygens (including phenoxy) is 1. The molecule has 0 aromatic rings. The summed E-state index contributed by atoms with van der Waals surface area (Å²) < 4.78 is 4.61. The highest BCUT2D eigenvalue weighted by molar-refractivity contribution is 4.90. The van der Waals surface area contributed by atoms with Gasteiger partial charge in [0.05, 0.1) is 18.0 Å². The molecule has 1 aliphatic heterocycles. The van der Waals surface area contributed by atoms with Crippen molar-refractivity contribution in [1.29, 1.82) is 0 Å². The van der Waals surface area contributed by atoms with Gasteiger partial charge in [-0.25, -0.2) is 0 Å². The fourth-order valence-electron chi connectivity index (χ4n) is 0.512.